The highest BCUT2D eigenvalue weighted by molar-refractivity contribution is 6.30. The smallest absolute Gasteiger partial charge is 0.185 e. The molecule has 0 fully saturated rings. The molecule has 0 bridgehead atoms. The number of halogens is 1. The Labute approximate surface area is 87.2 Å². The minimum atomic E-state index is -0.684. The number of aliphatic hydroxyl groups excluding tert-OH is 1. The summed E-state index contributed by atoms with van der Waals surface area (Å²) in [5.74, 6) is -0.155. The SMILES string of the molecule is N=C(N)NCC(O)c1ccc(Cl)cc1. The van der Waals surface area contributed by atoms with Crippen LogP contribution in [0.25, 0.3) is 0 Å². The molecule has 5 N–H and O–H groups in total. The van der Waals surface area contributed by atoms with E-state index in [4.69, 9.17) is 22.7 Å². The van der Waals surface area contributed by atoms with E-state index in [2.05, 4.69) is 5.32 Å². The molecule has 4 nitrogen and oxygen atoms in total. The number of nitrogens with one attached hydrogen (secondary N) is 2. The number of hydrogen-bond donors (Lipinski definition) is 4. The second-order valence-electron chi connectivity index (χ2n) is 2.86. The van der Waals surface area contributed by atoms with Crippen LogP contribution in [0, 0.1) is 5.41 Å². The van der Waals surface area contributed by atoms with E-state index in [1.807, 2.05) is 0 Å². The Morgan fingerprint density at radius 1 is 1.50 bits per heavy atom. The van der Waals surface area contributed by atoms with Gasteiger partial charge in [0.05, 0.1) is 6.10 Å². The standard InChI is InChI=1S/C9H12ClN3O/c10-7-3-1-6(2-4-7)8(14)5-13-9(11)12/h1-4,8,14H,5H2,(H4,11,12,13). The van der Waals surface area contributed by atoms with Crippen molar-refractivity contribution in [3.05, 3.63) is 34.9 Å². The van der Waals surface area contributed by atoms with Gasteiger partial charge < -0.3 is 16.2 Å². The largest absolute Gasteiger partial charge is 0.387 e. The van der Waals surface area contributed by atoms with Gasteiger partial charge >= 0.3 is 0 Å². The van der Waals surface area contributed by atoms with Gasteiger partial charge in [0.2, 0.25) is 0 Å². The van der Waals surface area contributed by atoms with Gasteiger partial charge in [-0.25, -0.2) is 0 Å². The summed E-state index contributed by atoms with van der Waals surface area (Å²) < 4.78 is 0. The summed E-state index contributed by atoms with van der Waals surface area (Å²) in [6, 6.07) is 6.87. The topological polar surface area (TPSA) is 82.1 Å². The van der Waals surface area contributed by atoms with E-state index in [0.717, 1.165) is 5.56 Å². The predicted molar refractivity (Wildman–Crippen MR) is 56.3 cm³/mol. The number of hydrogen-bond acceptors (Lipinski definition) is 2. The normalized spacial score (nSPS) is 12.1. The molecule has 5 heteroatoms. The minimum absolute atomic E-state index is 0.155. The van der Waals surface area contributed by atoms with Gasteiger partial charge in [-0.1, -0.05) is 23.7 Å². The number of benzene rings is 1. The van der Waals surface area contributed by atoms with Crippen molar-refractivity contribution in [2.75, 3.05) is 6.54 Å². The summed E-state index contributed by atoms with van der Waals surface area (Å²) in [6.07, 6.45) is -0.684. The van der Waals surface area contributed by atoms with Crippen LogP contribution in [0.15, 0.2) is 24.3 Å². The molecule has 0 radical (unpaired) electrons. The van der Waals surface area contributed by atoms with E-state index in [0.29, 0.717) is 5.02 Å². The van der Waals surface area contributed by atoms with Crippen LogP contribution >= 0.6 is 11.6 Å². The van der Waals surface area contributed by atoms with Gasteiger partial charge in [-0.2, -0.15) is 0 Å². The molecule has 0 amide bonds. The van der Waals surface area contributed by atoms with Gasteiger partial charge in [0.25, 0.3) is 0 Å². The highest BCUT2D eigenvalue weighted by Crippen LogP contribution is 2.15. The fourth-order valence-electron chi connectivity index (χ4n) is 1.01. The van der Waals surface area contributed by atoms with Gasteiger partial charge in [-0.05, 0) is 17.7 Å². The van der Waals surface area contributed by atoms with Crippen LogP contribution < -0.4 is 11.1 Å². The number of rotatable bonds is 3. The van der Waals surface area contributed by atoms with Crippen molar-refractivity contribution in [2.24, 2.45) is 5.73 Å². The van der Waals surface area contributed by atoms with Crippen LogP contribution in [0.2, 0.25) is 5.02 Å². The van der Waals surface area contributed by atoms with Crippen LogP contribution in [0.3, 0.4) is 0 Å². The molecule has 1 aromatic rings. The molecule has 14 heavy (non-hydrogen) atoms. The maximum absolute atomic E-state index is 9.60. The van der Waals surface area contributed by atoms with Crippen molar-refractivity contribution < 1.29 is 5.11 Å². The van der Waals surface area contributed by atoms with Crippen molar-refractivity contribution in [3.8, 4) is 0 Å². The van der Waals surface area contributed by atoms with E-state index in [9.17, 15) is 5.11 Å². The summed E-state index contributed by atoms with van der Waals surface area (Å²) in [6.45, 7) is 0.219. The molecule has 0 spiro atoms. The first kappa shape index (κ1) is 10.8. The van der Waals surface area contributed by atoms with Gasteiger partial charge in [0.15, 0.2) is 5.96 Å². The lowest BCUT2D eigenvalue weighted by Gasteiger charge is -2.11. The third kappa shape index (κ3) is 3.24. The second kappa shape index (κ2) is 4.83. The Morgan fingerprint density at radius 3 is 2.57 bits per heavy atom. The molecule has 0 saturated carbocycles. The first-order valence-electron chi connectivity index (χ1n) is 4.11. The maximum atomic E-state index is 9.60. The van der Waals surface area contributed by atoms with Crippen LogP contribution in [-0.2, 0) is 0 Å². The molecule has 1 atom stereocenters. The Balaban J connectivity index is 2.56. The molecular weight excluding hydrogens is 202 g/mol. The van der Waals surface area contributed by atoms with Crippen LogP contribution in [0.5, 0.6) is 0 Å². The predicted octanol–water partition coefficient (Wildman–Crippen LogP) is 0.856. The average Bonchev–Trinajstić information content (AvgIpc) is 2.15. The van der Waals surface area contributed by atoms with Crippen molar-refractivity contribution in [1.82, 2.24) is 5.32 Å². The third-order valence-electron chi connectivity index (χ3n) is 1.74. The van der Waals surface area contributed by atoms with E-state index in [1.54, 1.807) is 24.3 Å². The summed E-state index contributed by atoms with van der Waals surface area (Å²) >= 11 is 5.69. The minimum Gasteiger partial charge on any atom is -0.387 e. The maximum Gasteiger partial charge on any atom is 0.185 e. The molecule has 0 aliphatic rings. The lowest BCUT2D eigenvalue weighted by Crippen LogP contribution is -2.33. The highest BCUT2D eigenvalue weighted by atomic mass is 35.5. The van der Waals surface area contributed by atoms with E-state index < -0.39 is 6.10 Å². The van der Waals surface area contributed by atoms with Gasteiger partial charge in [-0.3, -0.25) is 5.41 Å². The summed E-state index contributed by atoms with van der Waals surface area (Å²) in [5, 5.41) is 19.7. The molecule has 76 valence electrons. The molecule has 0 aliphatic heterocycles. The van der Waals surface area contributed by atoms with E-state index in [1.165, 1.54) is 0 Å². The first-order chi connectivity index (χ1) is 6.59. The average molecular weight is 214 g/mol. The number of guanidine groups is 1. The lowest BCUT2D eigenvalue weighted by atomic mass is 10.1. The van der Waals surface area contributed by atoms with Gasteiger partial charge in [0.1, 0.15) is 0 Å². The summed E-state index contributed by atoms with van der Waals surface area (Å²) in [5.41, 5.74) is 5.82. The fourth-order valence-corrected chi connectivity index (χ4v) is 1.14. The molecule has 0 aromatic heterocycles. The molecule has 0 aliphatic carbocycles. The quantitative estimate of drug-likeness (QED) is 0.444. The Hall–Kier alpha value is -1.26. The Morgan fingerprint density at radius 2 is 2.07 bits per heavy atom. The van der Waals surface area contributed by atoms with Crippen LogP contribution in [-0.4, -0.2) is 17.6 Å². The highest BCUT2D eigenvalue weighted by Gasteiger charge is 2.06. The molecule has 1 unspecified atom stereocenters. The zero-order valence-corrected chi connectivity index (χ0v) is 8.25. The van der Waals surface area contributed by atoms with E-state index in [-0.39, 0.29) is 12.5 Å². The number of nitrogens with two attached hydrogens (primary N) is 1. The fraction of sp³-hybridized carbons (Fsp3) is 0.222. The molecular formula is C9H12ClN3O. The van der Waals surface area contributed by atoms with Gasteiger partial charge in [-0.15, -0.1) is 0 Å². The molecule has 0 heterocycles. The monoisotopic (exact) mass is 213 g/mol. The summed E-state index contributed by atoms with van der Waals surface area (Å²) in [7, 11) is 0. The number of aliphatic hydroxyl groups is 1. The lowest BCUT2D eigenvalue weighted by molar-refractivity contribution is 0.181. The van der Waals surface area contributed by atoms with Crippen molar-refractivity contribution in [2.45, 2.75) is 6.10 Å². The third-order valence-corrected chi connectivity index (χ3v) is 1.99. The summed E-state index contributed by atoms with van der Waals surface area (Å²) in [4.78, 5) is 0. The molecule has 0 saturated heterocycles. The van der Waals surface area contributed by atoms with E-state index >= 15 is 0 Å². The van der Waals surface area contributed by atoms with Crippen LogP contribution in [0.4, 0.5) is 0 Å². The molecule has 1 rings (SSSR count). The molecule has 1 aromatic carbocycles. The van der Waals surface area contributed by atoms with Crippen molar-refractivity contribution in [1.29, 1.82) is 5.41 Å². The van der Waals surface area contributed by atoms with Crippen LogP contribution in [0.1, 0.15) is 11.7 Å². The van der Waals surface area contributed by atoms with Crippen molar-refractivity contribution >= 4 is 17.6 Å². The zero-order chi connectivity index (χ0) is 10.6. The second-order valence-corrected chi connectivity index (χ2v) is 3.30. The Bertz CT molecular complexity index is 312. The zero-order valence-electron chi connectivity index (χ0n) is 7.50. The first-order valence-corrected chi connectivity index (χ1v) is 4.49. The van der Waals surface area contributed by atoms with Crippen molar-refractivity contribution in [3.63, 3.8) is 0 Å². The van der Waals surface area contributed by atoms with Gasteiger partial charge in [0, 0.05) is 11.6 Å². The Kier molecular flexibility index (Phi) is 3.73.